The summed E-state index contributed by atoms with van der Waals surface area (Å²) in [6, 6.07) is 9.21. The van der Waals surface area contributed by atoms with E-state index in [1.165, 1.54) is 11.1 Å². The van der Waals surface area contributed by atoms with E-state index in [9.17, 15) is 0 Å². The predicted octanol–water partition coefficient (Wildman–Crippen LogP) is 4.67. The highest BCUT2D eigenvalue weighted by Crippen LogP contribution is 2.32. The normalized spacial score (nSPS) is 16.1. The lowest BCUT2D eigenvalue weighted by Crippen LogP contribution is -2.43. The summed E-state index contributed by atoms with van der Waals surface area (Å²) in [4.78, 5) is 0. The summed E-state index contributed by atoms with van der Waals surface area (Å²) in [5.74, 6) is 0.575. The third kappa shape index (κ3) is 4.07. The van der Waals surface area contributed by atoms with E-state index in [1.54, 1.807) is 0 Å². The fourth-order valence-electron chi connectivity index (χ4n) is 2.51. The molecule has 20 heavy (non-hydrogen) atoms. The minimum Gasteiger partial charge on any atom is -0.377 e. The van der Waals surface area contributed by atoms with Crippen molar-refractivity contribution in [2.75, 3.05) is 13.7 Å². The van der Waals surface area contributed by atoms with Crippen molar-refractivity contribution >= 4 is 0 Å². The minimum atomic E-state index is -0.172. The number of methoxy groups -OCH3 is 1. The Bertz CT molecular complexity index is 379. The van der Waals surface area contributed by atoms with Crippen molar-refractivity contribution in [2.24, 2.45) is 0 Å². The van der Waals surface area contributed by atoms with Gasteiger partial charge < -0.3 is 10.1 Å². The monoisotopic (exact) mass is 277 g/mol. The van der Waals surface area contributed by atoms with E-state index in [1.807, 2.05) is 7.11 Å². The highest BCUT2D eigenvalue weighted by molar-refractivity contribution is 5.28. The minimum absolute atomic E-state index is 0.172. The highest BCUT2D eigenvalue weighted by Gasteiger charge is 2.33. The lowest BCUT2D eigenvalue weighted by atomic mass is 9.86. The van der Waals surface area contributed by atoms with Crippen LogP contribution in [-0.4, -0.2) is 19.3 Å². The molecule has 0 amide bonds. The average Bonchev–Trinajstić information content (AvgIpc) is 2.47. The van der Waals surface area contributed by atoms with Crippen LogP contribution in [0.1, 0.15) is 70.5 Å². The van der Waals surface area contributed by atoms with Crippen LogP contribution < -0.4 is 5.32 Å². The third-order valence-electron chi connectivity index (χ3n) is 4.31. The molecule has 0 aliphatic rings. The summed E-state index contributed by atoms with van der Waals surface area (Å²) in [5.41, 5.74) is 2.53. The number of hydrogen-bond donors (Lipinski definition) is 1. The number of rotatable bonds is 8. The number of hydrogen-bond acceptors (Lipinski definition) is 2. The fourth-order valence-corrected chi connectivity index (χ4v) is 2.51. The molecule has 1 aromatic rings. The molecule has 0 aliphatic heterocycles. The van der Waals surface area contributed by atoms with E-state index in [2.05, 4.69) is 64.2 Å². The van der Waals surface area contributed by atoms with Crippen LogP contribution in [0.15, 0.2) is 24.3 Å². The van der Waals surface area contributed by atoms with Gasteiger partial charge in [0, 0.05) is 7.11 Å². The molecular formula is C18H31NO. The molecule has 0 fully saturated rings. The molecule has 0 bridgehead atoms. The molecule has 0 radical (unpaired) electrons. The largest absolute Gasteiger partial charge is 0.377 e. The molecule has 1 N–H and O–H groups in total. The lowest BCUT2D eigenvalue weighted by molar-refractivity contribution is -0.0299. The van der Waals surface area contributed by atoms with Gasteiger partial charge >= 0.3 is 0 Å². The first-order valence-electron chi connectivity index (χ1n) is 7.86. The highest BCUT2D eigenvalue weighted by atomic mass is 16.5. The molecule has 0 saturated carbocycles. The maximum absolute atomic E-state index is 5.82. The molecule has 0 saturated heterocycles. The second-order valence-electron chi connectivity index (χ2n) is 6.08. The summed E-state index contributed by atoms with van der Waals surface area (Å²) in [5, 5.41) is 3.65. The van der Waals surface area contributed by atoms with Crippen molar-refractivity contribution < 1.29 is 4.74 Å². The molecule has 1 aromatic carbocycles. The van der Waals surface area contributed by atoms with Crippen LogP contribution in [0.2, 0.25) is 0 Å². The smallest absolute Gasteiger partial charge is 0.0841 e. The van der Waals surface area contributed by atoms with Gasteiger partial charge in [-0.15, -0.1) is 0 Å². The van der Waals surface area contributed by atoms with Gasteiger partial charge in [-0.3, -0.25) is 0 Å². The van der Waals surface area contributed by atoms with Crippen LogP contribution in [0, 0.1) is 0 Å². The van der Waals surface area contributed by atoms with Gasteiger partial charge in [-0.1, -0.05) is 52.0 Å². The SMILES string of the molecule is CCCNC(c1ccc(C(C)C)cc1)C(C)(CC)OC. The van der Waals surface area contributed by atoms with Gasteiger partial charge in [-0.05, 0) is 43.4 Å². The topological polar surface area (TPSA) is 21.3 Å². The van der Waals surface area contributed by atoms with Crippen LogP contribution in [-0.2, 0) is 4.74 Å². The standard InChI is InChI=1S/C18H31NO/c1-7-13-19-17(18(5,8-2)20-6)16-11-9-15(10-12-16)14(3)4/h9-12,14,17,19H,7-8,13H2,1-6H3. The van der Waals surface area contributed by atoms with Crippen LogP contribution in [0.25, 0.3) is 0 Å². The lowest BCUT2D eigenvalue weighted by Gasteiger charge is -2.37. The number of ether oxygens (including phenoxy) is 1. The second-order valence-corrected chi connectivity index (χ2v) is 6.08. The van der Waals surface area contributed by atoms with Crippen molar-refractivity contribution in [3.05, 3.63) is 35.4 Å². The summed E-state index contributed by atoms with van der Waals surface area (Å²) in [6.45, 7) is 12.0. The summed E-state index contributed by atoms with van der Waals surface area (Å²) in [6.07, 6.45) is 2.11. The molecule has 114 valence electrons. The molecule has 0 aromatic heterocycles. The Morgan fingerprint density at radius 3 is 2.05 bits per heavy atom. The molecule has 0 heterocycles. The Hall–Kier alpha value is -0.860. The Balaban J connectivity index is 3.03. The van der Waals surface area contributed by atoms with Gasteiger partial charge in [0.15, 0.2) is 0 Å². The van der Waals surface area contributed by atoms with E-state index in [4.69, 9.17) is 4.74 Å². The van der Waals surface area contributed by atoms with Gasteiger partial charge in [-0.2, -0.15) is 0 Å². The molecule has 2 atom stereocenters. The third-order valence-corrected chi connectivity index (χ3v) is 4.31. The number of nitrogens with one attached hydrogen (secondary N) is 1. The van der Waals surface area contributed by atoms with Gasteiger partial charge in [-0.25, -0.2) is 0 Å². The van der Waals surface area contributed by atoms with Crippen molar-refractivity contribution in [1.29, 1.82) is 0 Å². The van der Waals surface area contributed by atoms with Gasteiger partial charge in [0.05, 0.1) is 11.6 Å². The van der Waals surface area contributed by atoms with Crippen LogP contribution >= 0.6 is 0 Å². The molecule has 2 nitrogen and oxygen atoms in total. The zero-order chi connectivity index (χ0) is 15.2. The molecular weight excluding hydrogens is 246 g/mol. The van der Waals surface area contributed by atoms with E-state index < -0.39 is 0 Å². The average molecular weight is 277 g/mol. The zero-order valence-electron chi connectivity index (χ0n) is 14.0. The van der Waals surface area contributed by atoms with Crippen LogP contribution in [0.5, 0.6) is 0 Å². The Labute approximate surface area is 124 Å². The van der Waals surface area contributed by atoms with Crippen LogP contribution in [0.4, 0.5) is 0 Å². The first-order chi connectivity index (χ1) is 9.48. The molecule has 2 unspecified atom stereocenters. The Morgan fingerprint density at radius 2 is 1.65 bits per heavy atom. The quantitative estimate of drug-likeness (QED) is 0.746. The maximum Gasteiger partial charge on any atom is 0.0841 e. The van der Waals surface area contributed by atoms with Gasteiger partial charge in [0.2, 0.25) is 0 Å². The van der Waals surface area contributed by atoms with Crippen LogP contribution in [0.3, 0.4) is 0 Å². The van der Waals surface area contributed by atoms with Crippen molar-refractivity contribution in [3.8, 4) is 0 Å². The van der Waals surface area contributed by atoms with Crippen molar-refractivity contribution in [1.82, 2.24) is 5.32 Å². The van der Waals surface area contributed by atoms with Crippen molar-refractivity contribution in [3.63, 3.8) is 0 Å². The first kappa shape index (κ1) is 17.2. The first-order valence-corrected chi connectivity index (χ1v) is 7.86. The van der Waals surface area contributed by atoms with E-state index in [-0.39, 0.29) is 11.6 Å². The molecule has 0 aliphatic carbocycles. The Kier molecular flexibility index (Phi) is 6.70. The molecule has 0 spiro atoms. The van der Waals surface area contributed by atoms with E-state index in [0.29, 0.717) is 5.92 Å². The molecule has 1 rings (SSSR count). The fraction of sp³-hybridized carbons (Fsp3) is 0.667. The summed E-state index contributed by atoms with van der Waals surface area (Å²) >= 11 is 0. The predicted molar refractivity (Wildman–Crippen MR) is 87.3 cm³/mol. The summed E-state index contributed by atoms with van der Waals surface area (Å²) in [7, 11) is 1.81. The van der Waals surface area contributed by atoms with Gasteiger partial charge in [0.25, 0.3) is 0 Å². The number of benzene rings is 1. The molecule has 2 heteroatoms. The van der Waals surface area contributed by atoms with Gasteiger partial charge in [0.1, 0.15) is 0 Å². The summed E-state index contributed by atoms with van der Waals surface area (Å²) < 4.78 is 5.82. The second kappa shape index (κ2) is 7.80. The van der Waals surface area contributed by atoms with Crippen molar-refractivity contribution in [2.45, 2.75) is 65.0 Å². The van der Waals surface area contributed by atoms with E-state index in [0.717, 1.165) is 19.4 Å². The Morgan fingerprint density at radius 1 is 1.10 bits per heavy atom. The zero-order valence-corrected chi connectivity index (χ0v) is 14.0. The van der Waals surface area contributed by atoms with E-state index >= 15 is 0 Å². The maximum atomic E-state index is 5.82.